The molecule has 1 aliphatic rings. The Hall–Kier alpha value is -0.580. The van der Waals surface area contributed by atoms with Crippen molar-refractivity contribution in [1.82, 2.24) is 10.2 Å². The fraction of sp³-hybridized carbons (Fsp3) is 0.625. The molecule has 1 aliphatic heterocycles. The number of likely N-dealkylation sites (N-methyl/N-ethyl adjacent to an activating group) is 2. The minimum absolute atomic E-state index is 0.621. The molecule has 0 amide bonds. The van der Waals surface area contributed by atoms with Gasteiger partial charge >= 0.3 is 0 Å². The number of hydrogen-bond donors (Lipinski definition) is 1. The number of likely N-dealkylation sites (tertiary alicyclic amines) is 1. The van der Waals surface area contributed by atoms with Crippen molar-refractivity contribution in [2.75, 3.05) is 38.6 Å². The lowest BCUT2D eigenvalue weighted by Crippen LogP contribution is -2.45. The number of rotatable bonds is 5. The van der Waals surface area contributed by atoms with Crippen molar-refractivity contribution >= 4 is 21.6 Å². The van der Waals surface area contributed by atoms with Gasteiger partial charge in [-0.1, -0.05) is 22.9 Å². The fourth-order valence-corrected chi connectivity index (χ4v) is 3.36. The summed E-state index contributed by atoms with van der Waals surface area (Å²) < 4.78 is 1.16. The van der Waals surface area contributed by atoms with Gasteiger partial charge in [0.25, 0.3) is 0 Å². The Balaban J connectivity index is 2.17. The molecule has 0 spiro atoms. The van der Waals surface area contributed by atoms with Crippen LogP contribution < -0.4 is 10.2 Å². The number of piperidine rings is 1. The Morgan fingerprint density at radius 1 is 1.45 bits per heavy atom. The number of nitrogens with one attached hydrogen (secondary N) is 1. The minimum Gasteiger partial charge on any atom is -0.370 e. The van der Waals surface area contributed by atoms with Crippen LogP contribution in [-0.4, -0.2) is 44.7 Å². The van der Waals surface area contributed by atoms with Crippen LogP contribution in [0.2, 0.25) is 0 Å². The van der Waals surface area contributed by atoms with Gasteiger partial charge in [-0.15, -0.1) is 0 Å². The Kier molecular flexibility index (Phi) is 5.87. The summed E-state index contributed by atoms with van der Waals surface area (Å²) in [6.07, 6.45) is 2.59. The smallest absolute Gasteiger partial charge is 0.0414 e. The van der Waals surface area contributed by atoms with E-state index in [1.165, 1.54) is 30.6 Å². The number of halogens is 1. The van der Waals surface area contributed by atoms with Crippen molar-refractivity contribution in [2.24, 2.45) is 0 Å². The molecule has 0 saturated carbocycles. The predicted octanol–water partition coefficient (Wildman–Crippen LogP) is 3.09. The summed E-state index contributed by atoms with van der Waals surface area (Å²) in [5.74, 6) is 0. The van der Waals surface area contributed by atoms with Gasteiger partial charge in [0.1, 0.15) is 0 Å². The molecule has 0 aliphatic carbocycles. The summed E-state index contributed by atoms with van der Waals surface area (Å²) in [6, 6.07) is 7.25. The predicted molar refractivity (Wildman–Crippen MR) is 90.4 cm³/mol. The van der Waals surface area contributed by atoms with Crippen LogP contribution in [0, 0.1) is 0 Å². The van der Waals surface area contributed by atoms with Gasteiger partial charge in [0, 0.05) is 36.3 Å². The quantitative estimate of drug-likeness (QED) is 0.889. The van der Waals surface area contributed by atoms with E-state index in [2.05, 4.69) is 70.3 Å². The highest BCUT2D eigenvalue weighted by molar-refractivity contribution is 9.10. The Morgan fingerprint density at radius 3 is 2.95 bits per heavy atom. The third-order valence-corrected chi connectivity index (χ3v) is 4.63. The minimum atomic E-state index is 0.621. The molecule has 0 aromatic heterocycles. The van der Waals surface area contributed by atoms with E-state index in [9.17, 15) is 0 Å². The standard InChI is InChI=1S/C16H26BrN3/c1-4-18-11-13-10-14(17)7-8-16(13)20(3)15-6-5-9-19(2)12-15/h7-8,10,15,18H,4-6,9,11-12H2,1-3H3. The van der Waals surface area contributed by atoms with Gasteiger partial charge in [-0.25, -0.2) is 0 Å². The summed E-state index contributed by atoms with van der Waals surface area (Å²) in [5, 5.41) is 3.44. The van der Waals surface area contributed by atoms with Crippen molar-refractivity contribution in [3.63, 3.8) is 0 Å². The molecule has 112 valence electrons. The summed E-state index contributed by atoms with van der Waals surface area (Å²) in [6.45, 7) is 6.47. The first-order chi connectivity index (χ1) is 9.61. The SMILES string of the molecule is CCNCc1cc(Br)ccc1N(C)C1CCCN(C)C1. The summed E-state index contributed by atoms with van der Waals surface area (Å²) >= 11 is 3.59. The van der Waals surface area contributed by atoms with Gasteiger partial charge in [0.2, 0.25) is 0 Å². The molecule has 1 aromatic carbocycles. The molecular formula is C16H26BrN3. The van der Waals surface area contributed by atoms with Crippen LogP contribution in [-0.2, 0) is 6.54 Å². The van der Waals surface area contributed by atoms with Gasteiger partial charge in [0.05, 0.1) is 0 Å². The Labute approximate surface area is 131 Å². The van der Waals surface area contributed by atoms with E-state index in [0.717, 1.165) is 24.1 Å². The van der Waals surface area contributed by atoms with Crippen LogP contribution in [0.4, 0.5) is 5.69 Å². The van der Waals surface area contributed by atoms with Crippen LogP contribution in [0.5, 0.6) is 0 Å². The first kappa shape index (κ1) is 15.8. The highest BCUT2D eigenvalue weighted by Crippen LogP contribution is 2.27. The molecule has 1 N–H and O–H groups in total. The zero-order valence-corrected chi connectivity index (χ0v) is 14.4. The average Bonchev–Trinajstić information content (AvgIpc) is 2.44. The summed E-state index contributed by atoms with van der Waals surface area (Å²) in [4.78, 5) is 4.91. The van der Waals surface area contributed by atoms with E-state index in [4.69, 9.17) is 0 Å². The molecule has 4 heteroatoms. The maximum atomic E-state index is 3.59. The second-order valence-electron chi connectivity index (χ2n) is 5.72. The van der Waals surface area contributed by atoms with E-state index in [0.29, 0.717) is 6.04 Å². The van der Waals surface area contributed by atoms with E-state index in [-0.39, 0.29) is 0 Å². The van der Waals surface area contributed by atoms with Gasteiger partial charge in [-0.05, 0) is 56.7 Å². The highest BCUT2D eigenvalue weighted by atomic mass is 79.9. The van der Waals surface area contributed by atoms with Crippen molar-refractivity contribution in [3.8, 4) is 0 Å². The van der Waals surface area contributed by atoms with Gasteiger partial charge in [-0.3, -0.25) is 0 Å². The zero-order chi connectivity index (χ0) is 14.5. The van der Waals surface area contributed by atoms with Crippen LogP contribution in [0.3, 0.4) is 0 Å². The number of hydrogen-bond acceptors (Lipinski definition) is 3. The fourth-order valence-electron chi connectivity index (χ4n) is 2.95. The molecule has 2 rings (SSSR count). The first-order valence-corrected chi connectivity index (χ1v) is 8.31. The van der Waals surface area contributed by atoms with Crippen LogP contribution in [0.25, 0.3) is 0 Å². The van der Waals surface area contributed by atoms with E-state index in [1.807, 2.05) is 0 Å². The molecule has 0 bridgehead atoms. The third kappa shape index (κ3) is 3.96. The number of benzene rings is 1. The van der Waals surface area contributed by atoms with Crippen molar-refractivity contribution in [3.05, 3.63) is 28.2 Å². The second kappa shape index (κ2) is 7.43. The lowest BCUT2D eigenvalue weighted by molar-refractivity contribution is 0.248. The molecule has 1 heterocycles. The van der Waals surface area contributed by atoms with Gasteiger partial charge in [-0.2, -0.15) is 0 Å². The van der Waals surface area contributed by atoms with Crippen LogP contribution in [0.15, 0.2) is 22.7 Å². The topological polar surface area (TPSA) is 18.5 Å². The lowest BCUT2D eigenvalue weighted by atomic mass is 10.0. The number of anilines is 1. The largest absolute Gasteiger partial charge is 0.370 e. The normalized spacial score (nSPS) is 20.1. The third-order valence-electron chi connectivity index (χ3n) is 4.13. The molecule has 1 atom stereocenters. The molecule has 1 unspecified atom stereocenters. The summed E-state index contributed by atoms with van der Waals surface area (Å²) in [5.41, 5.74) is 2.73. The van der Waals surface area contributed by atoms with Crippen molar-refractivity contribution < 1.29 is 0 Å². The lowest BCUT2D eigenvalue weighted by Gasteiger charge is -2.38. The molecule has 1 saturated heterocycles. The molecule has 3 nitrogen and oxygen atoms in total. The average molecular weight is 340 g/mol. The van der Waals surface area contributed by atoms with Crippen LogP contribution >= 0.6 is 15.9 Å². The number of nitrogens with zero attached hydrogens (tertiary/aromatic N) is 2. The zero-order valence-electron chi connectivity index (χ0n) is 12.8. The molecule has 1 aromatic rings. The molecule has 20 heavy (non-hydrogen) atoms. The monoisotopic (exact) mass is 339 g/mol. The Bertz CT molecular complexity index is 436. The molecular weight excluding hydrogens is 314 g/mol. The van der Waals surface area contributed by atoms with Crippen molar-refractivity contribution in [1.29, 1.82) is 0 Å². The van der Waals surface area contributed by atoms with E-state index in [1.54, 1.807) is 0 Å². The van der Waals surface area contributed by atoms with Crippen molar-refractivity contribution in [2.45, 2.75) is 32.4 Å². The highest BCUT2D eigenvalue weighted by Gasteiger charge is 2.22. The maximum Gasteiger partial charge on any atom is 0.0414 e. The van der Waals surface area contributed by atoms with Gasteiger partial charge < -0.3 is 15.1 Å². The first-order valence-electron chi connectivity index (χ1n) is 7.52. The van der Waals surface area contributed by atoms with Crippen LogP contribution in [0.1, 0.15) is 25.3 Å². The molecule has 1 fully saturated rings. The van der Waals surface area contributed by atoms with E-state index >= 15 is 0 Å². The summed E-state index contributed by atoms with van der Waals surface area (Å²) in [7, 11) is 4.46. The van der Waals surface area contributed by atoms with Gasteiger partial charge in [0.15, 0.2) is 0 Å². The maximum absolute atomic E-state index is 3.59. The Morgan fingerprint density at radius 2 is 2.25 bits per heavy atom. The van der Waals surface area contributed by atoms with E-state index < -0.39 is 0 Å². The second-order valence-corrected chi connectivity index (χ2v) is 6.64. The molecule has 0 radical (unpaired) electrons.